The maximum Gasteiger partial charge on any atom is 0.257 e. The van der Waals surface area contributed by atoms with Gasteiger partial charge in [-0.1, -0.05) is 34.5 Å². The van der Waals surface area contributed by atoms with Crippen LogP contribution in [0.2, 0.25) is 4.34 Å². The molecular weight excluding hydrogens is 300 g/mol. The Morgan fingerprint density at radius 3 is 2.93 bits per heavy atom. The summed E-state index contributed by atoms with van der Waals surface area (Å²) in [4.78, 5) is 1.02. The van der Waals surface area contributed by atoms with Gasteiger partial charge in [0.1, 0.15) is 0 Å². The molecule has 0 aliphatic rings. The molecule has 0 N–H and O–H groups in total. The van der Waals surface area contributed by atoms with Crippen molar-refractivity contribution in [3.05, 3.63) is 22.4 Å². The van der Waals surface area contributed by atoms with Crippen molar-refractivity contribution in [2.45, 2.75) is 18.2 Å². The lowest BCUT2D eigenvalue weighted by molar-refractivity contribution is 0.501. The molecule has 80 valence electrons. The van der Waals surface area contributed by atoms with Crippen molar-refractivity contribution in [3.63, 3.8) is 0 Å². The molecule has 1 unspecified atom stereocenters. The quantitative estimate of drug-likeness (QED) is 0.794. The molecular formula is C9H8BrClN2OS. The SMILES string of the molecule is CCC(Br)c1nnc(-c2ccc(Cl)s2)o1. The number of thiophene rings is 1. The van der Waals surface area contributed by atoms with Gasteiger partial charge in [0.25, 0.3) is 5.89 Å². The van der Waals surface area contributed by atoms with Gasteiger partial charge < -0.3 is 4.42 Å². The first-order chi connectivity index (χ1) is 7.20. The van der Waals surface area contributed by atoms with Crippen LogP contribution < -0.4 is 0 Å². The summed E-state index contributed by atoms with van der Waals surface area (Å²) in [6.45, 7) is 2.05. The van der Waals surface area contributed by atoms with E-state index in [4.69, 9.17) is 16.0 Å². The number of rotatable bonds is 3. The lowest BCUT2D eigenvalue weighted by Crippen LogP contribution is -1.86. The zero-order chi connectivity index (χ0) is 10.8. The lowest BCUT2D eigenvalue weighted by atomic mass is 10.3. The molecule has 6 heteroatoms. The second-order valence-corrected chi connectivity index (χ2v) is 5.75. The van der Waals surface area contributed by atoms with Crippen LogP contribution in [0.4, 0.5) is 0 Å². The third-order valence-corrected chi connectivity index (χ3v) is 4.11. The van der Waals surface area contributed by atoms with E-state index in [2.05, 4.69) is 26.1 Å². The Labute approximate surface area is 105 Å². The largest absolute Gasteiger partial charge is 0.419 e. The molecule has 2 aromatic rings. The molecule has 0 amide bonds. The lowest BCUT2D eigenvalue weighted by Gasteiger charge is -1.97. The van der Waals surface area contributed by atoms with E-state index in [1.165, 1.54) is 11.3 Å². The van der Waals surface area contributed by atoms with E-state index in [9.17, 15) is 0 Å². The Bertz CT molecular complexity index is 456. The van der Waals surface area contributed by atoms with Crippen LogP contribution in [0.25, 0.3) is 10.8 Å². The van der Waals surface area contributed by atoms with Crippen molar-refractivity contribution in [2.75, 3.05) is 0 Å². The summed E-state index contributed by atoms with van der Waals surface area (Å²) in [5.74, 6) is 1.14. The first-order valence-electron chi connectivity index (χ1n) is 4.44. The third-order valence-electron chi connectivity index (χ3n) is 1.85. The smallest absolute Gasteiger partial charge is 0.257 e. The molecule has 0 aliphatic heterocycles. The highest BCUT2D eigenvalue weighted by Gasteiger charge is 2.15. The van der Waals surface area contributed by atoms with Gasteiger partial charge in [0.15, 0.2) is 0 Å². The summed E-state index contributed by atoms with van der Waals surface area (Å²) in [5, 5.41) is 7.95. The van der Waals surface area contributed by atoms with Crippen molar-refractivity contribution < 1.29 is 4.42 Å². The Morgan fingerprint density at radius 1 is 1.53 bits per heavy atom. The number of hydrogen-bond donors (Lipinski definition) is 0. The van der Waals surface area contributed by atoms with Crippen LogP contribution in [-0.2, 0) is 0 Å². The van der Waals surface area contributed by atoms with Crippen molar-refractivity contribution in [1.29, 1.82) is 0 Å². The predicted molar refractivity (Wildman–Crippen MR) is 64.6 cm³/mol. The van der Waals surface area contributed by atoms with Crippen molar-refractivity contribution in [1.82, 2.24) is 10.2 Å². The van der Waals surface area contributed by atoms with E-state index in [0.29, 0.717) is 11.8 Å². The zero-order valence-corrected chi connectivity index (χ0v) is 11.1. The van der Waals surface area contributed by atoms with Crippen molar-refractivity contribution in [2.24, 2.45) is 0 Å². The molecule has 2 heterocycles. The van der Waals surface area contributed by atoms with Gasteiger partial charge in [-0.3, -0.25) is 0 Å². The standard InChI is InChI=1S/C9H8BrClN2OS/c1-2-5(10)8-12-13-9(14-8)6-3-4-7(11)15-6/h3-5H,2H2,1H3. The minimum absolute atomic E-state index is 0.120. The number of aromatic nitrogens is 2. The number of halogens is 2. The van der Waals surface area contributed by atoms with Gasteiger partial charge in [0, 0.05) is 0 Å². The molecule has 0 spiro atoms. The van der Waals surface area contributed by atoms with Gasteiger partial charge >= 0.3 is 0 Å². The van der Waals surface area contributed by atoms with Gasteiger partial charge in [0.2, 0.25) is 5.89 Å². The molecule has 0 saturated carbocycles. The summed E-state index contributed by atoms with van der Waals surface area (Å²) in [6.07, 6.45) is 0.910. The Balaban J connectivity index is 2.27. The highest BCUT2D eigenvalue weighted by atomic mass is 79.9. The third kappa shape index (κ3) is 2.41. The maximum atomic E-state index is 5.83. The second kappa shape index (κ2) is 4.63. The number of nitrogens with zero attached hydrogens (tertiary/aromatic N) is 2. The van der Waals surface area contributed by atoms with Crippen LogP contribution in [0.15, 0.2) is 16.5 Å². The topological polar surface area (TPSA) is 38.9 Å². The minimum atomic E-state index is 0.120. The van der Waals surface area contributed by atoms with Crippen molar-refractivity contribution in [3.8, 4) is 10.8 Å². The molecule has 0 bridgehead atoms. The van der Waals surface area contributed by atoms with Gasteiger partial charge in [0.05, 0.1) is 14.0 Å². The fourth-order valence-electron chi connectivity index (χ4n) is 1.06. The molecule has 3 nitrogen and oxygen atoms in total. The Kier molecular flexibility index (Phi) is 3.43. The molecule has 0 aliphatic carbocycles. The van der Waals surface area contributed by atoms with E-state index in [-0.39, 0.29) is 4.83 Å². The summed E-state index contributed by atoms with van der Waals surface area (Å²) in [7, 11) is 0. The van der Waals surface area contributed by atoms with Crippen LogP contribution in [0.5, 0.6) is 0 Å². The van der Waals surface area contributed by atoms with E-state index in [1.807, 2.05) is 19.1 Å². The summed E-state index contributed by atoms with van der Waals surface area (Å²) < 4.78 is 6.24. The average Bonchev–Trinajstić information content (AvgIpc) is 2.84. The van der Waals surface area contributed by atoms with Crippen LogP contribution in [-0.4, -0.2) is 10.2 Å². The summed E-state index contributed by atoms with van der Waals surface area (Å²) >= 11 is 10.7. The van der Waals surface area contributed by atoms with Crippen LogP contribution in [0.3, 0.4) is 0 Å². The molecule has 0 saturated heterocycles. The summed E-state index contributed by atoms with van der Waals surface area (Å²) in [6, 6.07) is 3.69. The van der Waals surface area contributed by atoms with Crippen molar-refractivity contribution >= 4 is 38.9 Å². The predicted octanol–water partition coefficient (Wildman–Crippen LogP) is 4.30. The van der Waals surface area contributed by atoms with Gasteiger partial charge in [-0.15, -0.1) is 21.5 Å². The molecule has 0 radical (unpaired) electrons. The van der Waals surface area contributed by atoms with Crippen LogP contribution in [0, 0.1) is 0 Å². The van der Waals surface area contributed by atoms with Crippen LogP contribution in [0.1, 0.15) is 24.1 Å². The Morgan fingerprint density at radius 2 is 2.33 bits per heavy atom. The normalized spacial score (nSPS) is 13.0. The number of hydrogen-bond acceptors (Lipinski definition) is 4. The first kappa shape index (κ1) is 11.1. The Hall–Kier alpha value is -0.390. The monoisotopic (exact) mass is 306 g/mol. The fourth-order valence-corrected chi connectivity index (χ4v) is 2.21. The number of alkyl halides is 1. The fraction of sp³-hybridized carbons (Fsp3) is 0.333. The van der Waals surface area contributed by atoms with Gasteiger partial charge in [-0.05, 0) is 18.6 Å². The molecule has 15 heavy (non-hydrogen) atoms. The molecule has 2 aromatic heterocycles. The zero-order valence-electron chi connectivity index (χ0n) is 7.91. The first-order valence-corrected chi connectivity index (χ1v) is 6.55. The van der Waals surface area contributed by atoms with Gasteiger partial charge in [-0.2, -0.15) is 0 Å². The van der Waals surface area contributed by atoms with E-state index >= 15 is 0 Å². The minimum Gasteiger partial charge on any atom is -0.419 e. The van der Waals surface area contributed by atoms with Crippen LogP contribution >= 0.6 is 38.9 Å². The molecule has 0 aromatic carbocycles. The van der Waals surface area contributed by atoms with E-state index < -0.39 is 0 Å². The molecule has 2 rings (SSSR count). The second-order valence-electron chi connectivity index (χ2n) is 2.92. The molecule has 0 fully saturated rings. The average molecular weight is 308 g/mol. The molecule has 1 atom stereocenters. The van der Waals surface area contributed by atoms with Gasteiger partial charge in [-0.25, -0.2) is 0 Å². The maximum absolute atomic E-state index is 5.83. The van der Waals surface area contributed by atoms with E-state index in [1.54, 1.807) is 0 Å². The highest BCUT2D eigenvalue weighted by Crippen LogP contribution is 2.32. The summed E-state index contributed by atoms with van der Waals surface area (Å²) in [5.41, 5.74) is 0. The highest BCUT2D eigenvalue weighted by molar-refractivity contribution is 9.09. The van der Waals surface area contributed by atoms with E-state index in [0.717, 1.165) is 15.6 Å².